The molecule has 6 aromatic rings. The molecular weight excluding hydrogens is 380 g/mol. The molecule has 0 spiro atoms. The van der Waals surface area contributed by atoms with Crippen LogP contribution in [0.5, 0.6) is 0 Å². The van der Waals surface area contributed by atoms with Gasteiger partial charge in [0.25, 0.3) is 5.56 Å². The van der Waals surface area contributed by atoms with Crippen LogP contribution in [0.15, 0.2) is 77.6 Å². The second kappa shape index (κ2) is 5.77. The summed E-state index contributed by atoms with van der Waals surface area (Å²) in [6.45, 7) is 0. The normalized spacial score (nSPS) is 11.6. The van der Waals surface area contributed by atoms with Crippen LogP contribution in [0.4, 0.5) is 0 Å². The number of hydrogen-bond acceptors (Lipinski definition) is 4. The lowest BCUT2D eigenvalue weighted by Crippen LogP contribution is -2.19. The molecule has 3 aromatic carbocycles. The first-order valence-electron chi connectivity index (χ1n) is 9.11. The van der Waals surface area contributed by atoms with E-state index in [0.717, 1.165) is 32.0 Å². The Hall–Kier alpha value is -3.95. The number of hydrogen-bond donors (Lipinski definition) is 0. The topological polar surface area (TPSA) is 63.1 Å². The van der Waals surface area contributed by atoms with E-state index in [9.17, 15) is 10.1 Å². The van der Waals surface area contributed by atoms with Crippen LogP contribution < -0.4 is 5.56 Å². The first-order valence-corrected chi connectivity index (χ1v) is 9.92. The molecule has 0 aliphatic heterocycles. The fourth-order valence-electron chi connectivity index (χ4n) is 4.08. The van der Waals surface area contributed by atoms with E-state index in [-0.39, 0.29) is 5.69 Å². The molecule has 0 amide bonds. The lowest BCUT2D eigenvalue weighted by Gasteiger charge is -2.10. The molecule has 3 aromatic heterocycles. The summed E-state index contributed by atoms with van der Waals surface area (Å²) in [6, 6.07) is 25.9. The van der Waals surface area contributed by atoms with Gasteiger partial charge in [0.05, 0.1) is 21.3 Å². The molecule has 6 heteroatoms. The van der Waals surface area contributed by atoms with Gasteiger partial charge in [0.1, 0.15) is 11.8 Å². The van der Waals surface area contributed by atoms with E-state index < -0.39 is 5.56 Å². The fraction of sp³-hybridized carbons (Fsp3) is 0. The minimum Gasteiger partial charge on any atom is -0.302 e. The standard InChI is InChI=1S/C23H12N4OS/c24-13-19-21(22(28)25-23-27(19)18-11-5-6-12-20(18)29-23)26-16-9-3-1-7-14(16)15-8-2-4-10-17(15)26/h1-12H. The molecule has 136 valence electrons. The summed E-state index contributed by atoms with van der Waals surface area (Å²) in [5.41, 5.74) is 2.81. The predicted octanol–water partition coefficient (Wildman–Crippen LogP) is 4.88. The van der Waals surface area contributed by atoms with E-state index in [1.165, 1.54) is 11.3 Å². The number of rotatable bonds is 1. The Labute approximate surface area is 168 Å². The average Bonchev–Trinajstić information content (AvgIpc) is 3.28. The van der Waals surface area contributed by atoms with Crippen LogP contribution in [-0.4, -0.2) is 14.0 Å². The van der Waals surface area contributed by atoms with Crippen LogP contribution in [-0.2, 0) is 0 Å². The SMILES string of the molecule is N#Cc1c(-n2c3ccccc3c3ccccc32)c(=O)nc2sc3ccccc3n12. The minimum atomic E-state index is -0.403. The maximum atomic E-state index is 13.2. The van der Waals surface area contributed by atoms with Gasteiger partial charge in [0.2, 0.25) is 0 Å². The van der Waals surface area contributed by atoms with Gasteiger partial charge in [-0.2, -0.15) is 10.2 Å². The number of thiazole rings is 1. The Morgan fingerprint density at radius 1 is 0.828 bits per heavy atom. The van der Waals surface area contributed by atoms with Gasteiger partial charge in [-0.1, -0.05) is 59.9 Å². The zero-order valence-corrected chi connectivity index (χ0v) is 15.9. The molecule has 6 rings (SSSR count). The maximum absolute atomic E-state index is 13.2. The number of aromatic nitrogens is 3. The van der Waals surface area contributed by atoms with Gasteiger partial charge in [0.15, 0.2) is 10.7 Å². The smallest absolute Gasteiger partial charge is 0.299 e. The molecule has 0 fully saturated rings. The summed E-state index contributed by atoms with van der Waals surface area (Å²) in [5, 5.41) is 12.2. The van der Waals surface area contributed by atoms with Gasteiger partial charge < -0.3 is 4.57 Å². The summed E-state index contributed by atoms with van der Waals surface area (Å²) in [7, 11) is 0. The lowest BCUT2D eigenvalue weighted by atomic mass is 10.2. The van der Waals surface area contributed by atoms with Gasteiger partial charge >= 0.3 is 0 Å². The van der Waals surface area contributed by atoms with Crippen LogP contribution >= 0.6 is 11.3 Å². The monoisotopic (exact) mass is 392 g/mol. The number of nitriles is 1. The molecule has 0 aliphatic rings. The van der Waals surface area contributed by atoms with Crippen molar-refractivity contribution in [1.82, 2.24) is 14.0 Å². The molecule has 0 bridgehead atoms. The van der Waals surface area contributed by atoms with Crippen LogP contribution in [0.3, 0.4) is 0 Å². The van der Waals surface area contributed by atoms with Crippen molar-refractivity contribution in [2.75, 3.05) is 0 Å². The lowest BCUT2D eigenvalue weighted by molar-refractivity contribution is 1.02. The largest absolute Gasteiger partial charge is 0.302 e. The molecule has 0 radical (unpaired) electrons. The third-order valence-corrected chi connectivity index (χ3v) is 6.28. The summed E-state index contributed by atoms with van der Waals surface area (Å²) in [5.74, 6) is 0. The van der Waals surface area contributed by atoms with Crippen molar-refractivity contribution >= 4 is 48.3 Å². The fourth-order valence-corrected chi connectivity index (χ4v) is 5.10. The number of benzene rings is 3. The van der Waals surface area contributed by atoms with Crippen molar-refractivity contribution in [1.29, 1.82) is 5.26 Å². The van der Waals surface area contributed by atoms with Crippen molar-refractivity contribution in [2.45, 2.75) is 0 Å². The Balaban J connectivity index is 1.89. The summed E-state index contributed by atoms with van der Waals surface area (Å²) < 4.78 is 4.65. The minimum absolute atomic E-state index is 0.283. The Bertz CT molecular complexity index is 1640. The van der Waals surface area contributed by atoms with Gasteiger partial charge in [-0.3, -0.25) is 9.20 Å². The van der Waals surface area contributed by atoms with Crippen LogP contribution in [0.25, 0.3) is 42.7 Å². The molecule has 29 heavy (non-hydrogen) atoms. The molecule has 3 heterocycles. The first-order chi connectivity index (χ1) is 14.3. The van der Waals surface area contributed by atoms with Crippen molar-refractivity contribution < 1.29 is 0 Å². The maximum Gasteiger partial charge on any atom is 0.299 e. The number of fused-ring (bicyclic) bond motifs is 6. The highest BCUT2D eigenvalue weighted by Gasteiger charge is 2.22. The molecule has 0 N–H and O–H groups in total. The van der Waals surface area contributed by atoms with Gasteiger partial charge in [-0.25, -0.2) is 0 Å². The van der Waals surface area contributed by atoms with Crippen molar-refractivity contribution in [3.63, 3.8) is 0 Å². The highest BCUT2D eigenvalue weighted by Crippen LogP contribution is 2.33. The highest BCUT2D eigenvalue weighted by molar-refractivity contribution is 7.23. The van der Waals surface area contributed by atoms with Crippen LogP contribution in [0.2, 0.25) is 0 Å². The van der Waals surface area contributed by atoms with Crippen molar-refractivity contribution in [3.8, 4) is 11.8 Å². The van der Waals surface area contributed by atoms with Gasteiger partial charge in [-0.05, 0) is 24.3 Å². The van der Waals surface area contributed by atoms with Gasteiger partial charge in [-0.15, -0.1) is 0 Å². The molecule has 0 saturated heterocycles. The van der Waals surface area contributed by atoms with E-state index in [1.54, 1.807) is 4.40 Å². The van der Waals surface area contributed by atoms with E-state index in [0.29, 0.717) is 10.7 Å². The molecule has 0 aliphatic carbocycles. The Kier molecular flexibility index (Phi) is 3.19. The summed E-state index contributed by atoms with van der Waals surface area (Å²) >= 11 is 1.41. The molecular formula is C23H12N4OS. The molecule has 0 saturated carbocycles. The number of para-hydroxylation sites is 3. The van der Waals surface area contributed by atoms with Crippen LogP contribution in [0.1, 0.15) is 5.69 Å². The predicted molar refractivity (Wildman–Crippen MR) is 116 cm³/mol. The zero-order chi connectivity index (χ0) is 19.5. The van der Waals surface area contributed by atoms with Gasteiger partial charge in [0, 0.05) is 10.8 Å². The summed E-state index contributed by atoms with van der Waals surface area (Å²) in [6.07, 6.45) is 0. The van der Waals surface area contributed by atoms with E-state index in [1.807, 2.05) is 77.4 Å². The van der Waals surface area contributed by atoms with Crippen LogP contribution in [0, 0.1) is 11.3 Å². The summed E-state index contributed by atoms with van der Waals surface area (Å²) in [4.78, 5) is 18.1. The number of nitrogens with zero attached hydrogens (tertiary/aromatic N) is 4. The Morgan fingerprint density at radius 2 is 1.41 bits per heavy atom. The average molecular weight is 392 g/mol. The van der Waals surface area contributed by atoms with E-state index in [2.05, 4.69) is 11.1 Å². The van der Waals surface area contributed by atoms with Crippen molar-refractivity contribution in [2.24, 2.45) is 0 Å². The third-order valence-electron chi connectivity index (χ3n) is 5.26. The molecule has 0 unspecified atom stereocenters. The molecule has 0 atom stereocenters. The quantitative estimate of drug-likeness (QED) is 0.401. The van der Waals surface area contributed by atoms with E-state index >= 15 is 0 Å². The highest BCUT2D eigenvalue weighted by atomic mass is 32.1. The Morgan fingerprint density at radius 3 is 2.07 bits per heavy atom. The first kappa shape index (κ1) is 16.0. The van der Waals surface area contributed by atoms with Crippen molar-refractivity contribution in [3.05, 3.63) is 88.8 Å². The zero-order valence-electron chi connectivity index (χ0n) is 15.0. The molecule has 5 nitrogen and oxygen atoms in total. The van der Waals surface area contributed by atoms with E-state index in [4.69, 9.17) is 0 Å². The second-order valence-electron chi connectivity index (χ2n) is 6.78. The third kappa shape index (κ3) is 2.08. The second-order valence-corrected chi connectivity index (χ2v) is 7.79.